The molecule has 0 aliphatic heterocycles. The van der Waals surface area contributed by atoms with Crippen molar-refractivity contribution in [3.8, 4) is 0 Å². The molecule has 1 amide bonds. The number of nitrogens with zero attached hydrogens (tertiary/aromatic N) is 1. The average Bonchev–Trinajstić information content (AvgIpc) is 2.19. The van der Waals surface area contributed by atoms with Crippen LogP contribution in [0.4, 0.5) is 11.5 Å². The van der Waals surface area contributed by atoms with Crippen LogP contribution < -0.4 is 10.6 Å². The summed E-state index contributed by atoms with van der Waals surface area (Å²) >= 11 is 0. The van der Waals surface area contributed by atoms with Crippen molar-refractivity contribution in [1.82, 2.24) is 4.98 Å². The minimum Gasteiger partial charge on any atom is -0.373 e. The molecule has 0 fully saturated rings. The summed E-state index contributed by atoms with van der Waals surface area (Å²) in [6.45, 7) is 1.81. The molecule has 13 heavy (non-hydrogen) atoms. The molecule has 0 aliphatic carbocycles. The maximum Gasteiger partial charge on any atom is 0.224 e. The van der Waals surface area contributed by atoms with Gasteiger partial charge in [-0.1, -0.05) is 6.92 Å². The standard InChI is InChI=1S/C9H13N3O/c1-3-9(13)12-7-4-5-8(10-2)11-6-7/h4-6H,3H2,1-2H3,(H,10,11)(H,12,13). The zero-order valence-electron chi connectivity index (χ0n) is 7.79. The van der Waals surface area contributed by atoms with Gasteiger partial charge in [-0.3, -0.25) is 4.79 Å². The quantitative estimate of drug-likeness (QED) is 0.738. The first-order chi connectivity index (χ1) is 6.26. The van der Waals surface area contributed by atoms with Crippen molar-refractivity contribution in [3.05, 3.63) is 18.3 Å². The molecule has 1 aromatic heterocycles. The summed E-state index contributed by atoms with van der Waals surface area (Å²) in [5.41, 5.74) is 0.728. The van der Waals surface area contributed by atoms with Crippen molar-refractivity contribution in [3.63, 3.8) is 0 Å². The highest BCUT2D eigenvalue weighted by Gasteiger charge is 1.98. The Balaban J connectivity index is 2.64. The van der Waals surface area contributed by atoms with E-state index in [-0.39, 0.29) is 5.91 Å². The Labute approximate surface area is 77.4 Å². The molecule has 0 aromatic carbocycles. The van der Waals surface area contributed by atoms with Gasteiger partial charge in [0.25, 0.3) is 0 Å². The third-order valence-electron chi connectivity index (χ3n) is 1.62. The first-order valence-electron chi connectivity index (χ1n) is 4.20. The van der Waals surface area contributed by atoms with Crippen LogP contribution >= 0.6 is 0 Å². The highest BCUT2D eigenvalue weighted by molar-refractivity contribution is 5.90. The molecule has 0 radical (unpaired) electrons. The lowest BCUT2D eigenvalue weighted by atomic mass is 10.3. The highest BCUT2D eigenvalue weighted by Crippen LogP contribution is 2.08. The van der Waals surface area contributed by atoms with Crippen LogP contribution in [0.25, 0.3) is 0 Å². The number of carbonyl (C=O) groups excluding carboxylic acids is 1. The summed E-state index contributed by atoms with van der Waals surface area (Å²) in [6.07, 6.45) is 2.10. The maximum absolute atomic E-state index is 11.0. The van der Waals surface area contributed by atoms with Gasteiger partial charge in [0.05, 0.1) is 11.9 Å². The predicted octanol–water partition coefficient (Wildman–Crippen LogP) is 1.47. The zero-order valence-corrected chi connectivity index (χ0v) is 7.79. The normalized spacial score (nSPS) is 9.38. The molecule has 0 aliphatic rings. The van der Waals surface area contributed by atoms with Gasteiger partial charge in [0.15, 0.2) is 0 Å². The Morgan fingerprint density at radius 2 is 2.31 bits per heavy atom. The monoisotopic (exact) mass is 179 g/mol. The average molecular weight is 179 g/mol. The van der Waals surface area contributed by atoms with E-state index >= 15 is 0 Å². The van der Waals surface area contributed by atoms with Crippen molar-refractivity contribution in [2.75, 3.05) is 17.7 Å². The van der Waals surface area contributed by atoms with E-state index in [0.717, 1.165) is 11.5 Å². The van der Waals surface area contributed by atoms with Crippen molar-refractivity contribution in [2.45, 2.75) is 13.3 Å². The maximum atomic E-state index is 11.0. The van der Waals surface area contributed by atoms with Gasteiger partial charge in [-0.25, -0.2) is 4.98 Å². The number of carbonyl (C=O) groups is 1. The number of hydrogen-bond donors (Lipinski definition) is 2. The third kappa shape index (κ3) is 2.74. The lowest BCUT2D eigenvalue weighted by Gasteiger charge is -2.03. The Morgan fingerprint density at radius 1 is 1.54 bits per heavy atom. The van der Waals surface area contributed by atoms with Crippen molar-refractivity contribution in [2.24, 2.45) is 0 Å². The SMILES string of the molecule is CCC(=O)Nc1ccc(NC)nc1. The Morgan fingerprint density at radius 3 is 2.77 bits per heavy atom. The second-order valence-corrected chi connectivity index (χ2v) is 2.58. The second kappa shape index (κ2) is 4.45. The number of amides is 1. The van der Waals surface area contributed by atoms with Crippen LogP contribution in [0.1, 0.15) is 13.3 Å². The summed E-state index contributed by atoms with van der Waals surface area (Å²) in [5, 5.41) is 5.61. The molecular weight excluding hydrogens is 166 g/mol. The van der Waals surface area contributed by atoms with Gasteiger partial charge in [0.2, 0.25) is 5.91 Å². The molecule has 1 aromatic rings. The Bertz CT molecular complexity index is 281. The molecule has 0 saturated carbocycles. The predicted molar refractivity (Wildman–Crippen MR) is 52.7 cm³/mol. The summed E-state index contributed by atoms with van der Waals surface area (Å²) < 4.78 is 0. The fourth-order valence-corrected chi connectivity index (χ4v) is 0.865. The number of aromatic nitrogens is 1. The number of anilines is 2. The van der Waals surface area contributed by atoms with Gasteiger partial charge in [0.1, 0.15) is 5.82 Å². The lowest BCUT2D eigenvalue weighted by Crippen LogP contribution is -2.09. The lowest BCUT2D eigenvalue weighted by molar-refractivity contribution is -0.115. The van der Waals surface area contributed by atoms with Crippen LogP contribution in [-0.2, 0) is 4.79 Å². The van der Waals surface area contributed by atoms with E-state index in [1.54, 1.807) is 13.2 Å². The Kier molecular flexibility index (Phi) is 3.25. The van der Waals surface area contributed by atoms with Crippen LogP contribution in [0.5, 0.6) is 0 Å². The van der Waals surface area contributed by atoms with Gasteiger partial charge in [-0.2, -0.15) is 0 Å². The van der Waals surface area contributed by atoms with E-state index in [4.69, 9.17) is 0 Å². The van der Waals surface area contributed by atoms with Crippen LogP contribution in [0.2, 0.25) is 0 Å². The second-order valence-electron chi connectivity index (χ2n) is 2.58. The fraction of sp³-hybridized carbons (Fsp3) is 0.333. The zero-order chi connectivity index (χ0) is 9.68. The van der Waals surface area contributed by atoms with Crippen LogP contribution in [0, 0.1) is 0 Å². The summed E-state index contributed by atoms with van der Waals surface area (Å²) in [7, 11) is 1.80. The van der Waals surface area contributed by atoms with E-state index in [1.807, 2.05) is 19.1 Å². The molecule has 1 heterocycles. The van der Waals surface area contributed by atoms with Crippen molar-refractivity contribution >= 4 is 17.4 Å². The van der Waals surface area contributed by atoms with Gasteiger partial charge in [0, 0.05) is 13.5 Å². The molecule has 0 spiro atoms. The van der Waals surface area contributed by atoms with Gasteiger partial charge >= 0.3 is 0 Å². The first kappa shape index (κ1) is 9.51. The summed E-state index contributed by atoms with van der Waals surface area (Å²) in [5.74, 6) is 0.786. The molecular formula is C9H13N3O. The number of hydrogen-bond acceptors (Lipinski definition) is 3. The van der Waals surface area contributed by atoms with E-state index in [1.165, 1.54) is 0 Å². The topological polar surface area (TPSA) is 54.0 Å². The first-order valence-corrected chi connectivity index (χ1v) is 4.20. The molecule has 0 bridgehead atoms. The fourth-order valence-electron chi connectivity index (χ4n) is 0.865. The number of nitrogens with one attached hydrogen (secondary N) is 2. The smallest absolute Gasteiger partial charge is 0.224 e. The molecule has 70 valence electrons. The molecule has 1 rings (SSSR count). The molecule has 4 heteroatoms. The van der Waals surface area contributed by atoms with Crippen LogP contribution in [-0.4, -0.2) is 17.9 Å². The molecule has 0 saturated heterocycles. The number of pyridine rings is 1. The molecule has 0 atom stereocenters. The minimum atomic E-state index is -0.000919. The van der Waals surface area contributed by atoms with Gasteiger partial charge in [-0.05, 0) is 12.1 Å². The number of rotatable bonds is 3. The van der Waals surface area contributed by atoms with E-state index < -0.39 is 0 Å². The van der Waals surface area contributed by atoms with Crippen molar-refractivity contribution < 1.29 is 4.79 Å². The van der Waals surface area contributed by atoms with Gasteiger partial charge < -0.3 is 10.6 Å². The van der Waals surface area contributed by atoms with E-state index in [2.05, 4.69) is 15.6 Å². The minimum absolute atomic E-state index is 0.000919. The van der Waals surface area contributed by atoms with Crippen LogP contribution in [0.15, 0.2) is 18.3 Å². The molecule has 4 nitrogen and oxygen atoms in total. The summed E-state index contributed by atoms with van der Waals surface area (Å²) in [6, 6.07) is 3.62. The molecule has 2 N–H and O–H groups in total. The van der Waals surface area contributed by atoms with Crippen LogP contribution in [0.3, 0.4) is 0 Å². The largest absolute Gasteiger partial charge is 0.373 e. The van der Waals surface area contributed by atoms with E-state index in [9.17, 15) is 4.79 Å². The Hall–Kier alpha value is -1.58. The summed E-state index contributed by atoms with van der Waals surface area (Å²) in [4.78, 5) is 15.0. The molecule has 0 unspecified atom stereocenters. The third-order valence-corrected chi connectivity index (χ3v) is 1.62. The van der Waals surface area contributed by atoms with Gasteiger partial charge in [-0.15, -0.1) is 0 Å². The van der Waals surface area contributed by atoms with Crippen molar-refractivity contribution in [1.29, 1.82) is 0 Å². The highest BCUT2D eigenvalue weighted by atomic mass is 16.1. The van der Waals surface area contributed by atoms with E-state index in [0.29, 0.717) is 6.42 Å².